The number of carbonyl (C=O) groups is 1. The third-order valence-electron chi connectivity index (χ3n) is 4.43. The molecule has 3 N–H and O–H groups in total. The van der Waals surface area contributed by atoms with Gasteiger partial charge in [0.25, 0.3) is 5.91 Å². The Kier molecular flexibility index (Phi) is 10.6. The monoisotopic (exact) mass is 411 g/mol. The Bertz CT molecular complexity index is 572. The molecule has 0 spiro atoms. The van der Waals surface area contributed by atoms with Crippen LogP contribution in [0.25, 0.3) is 0 Å². The number of nitrogen functional groups attached to an aromatic ring is 1. The fraction of sp³-hybridized carbons (Fsp3) is 0.588. The minimum atomic E-state index is -0.194. The Morgan fingerprint density at radius 1 is 1.48 bits per heavy atom. The van der Waals surface area contributed by atoms with Gasteiger partial charge in [0, 0.05) is 25.2 Å². The summed E-state index contributed by atoms with van der Waals surface area (Å²) in [6.45, 7) is 7.20. The van der Waals surface area contributed by atoms with E-state index >= 15 is 0 Å². The van der Waals surface area contributed by atoms with Crippen LogP contribution in [0.2, 0.25) is 5.02 Å². The summed E-state index contributed by atoms with van der Waals surface area (Å²) in [5.41, 5.74) is 6.55. The third kappa shape index (κ3) is 6.41. The third-order valence-corrected chi connectivity index (χ3v) is 4.76. The Morgan fingerprint density at radius 3 is 2.76 bits per heavy atom. The molecule has 0 radical (unpaired) electrons. The van der Waals surface area contributed by atoms with E-state index in [-0.39, 0.29) is 30.7 Å². The molecule has 0 aliphatic carbocycles. The largest absolute Gasteiger partial charge is 0.496 e. The predicted molar refractivity (Wildman–Crippen MR) is 109 cm³/mol. The second-order valence-electron chi connectivity index (χ2n) is 6.38. The maximum absolute atomic E-state index is 12.4. The molecule has 2 unspecified atom stereocenters. The van der Waals surface area contributed by atoms with Gasteiger partial charge in [-0.25, -0.2) is 0 Å². The van der Waals surface area contributed by atoms with Gasteiger partial charge in [0.05, 0.1) is 23.4 Å². The zero-order valence-electron chi connectivity index (χ0n) is 14.9. The molecule has 1 saturated heterocycles. The molecular formula is C17H28Cl3N3O2. The number of rotatable bonds is 5. The highest BCUT2D eigenvalue weighted by molar-refractivity contribution is 6.33. The SMILES string of the molecule is COc1cc(N)c(Cl)cc1C(=O)NCC(C)N1CCCC(C)C1.Cl.Cl. The number of halogens is 3. The smallest absolute Gasteiger partial charge is 0.255 e. The summed E-state index contributed by atoms with van der Waals surface area (Å²) in [7, 11) is 1.51. The lowest BCUT2D eigenvalue weighted by molar-refractivity contribution is 0.0914. The standard InChI is InChI=1S/C17H26ClN3O2.2ClH/c1-11-5-4-6-21(10-11)12(2)9-20-17(22)13-7-14(18)15(19)8-16(13)23-3;;/h7-8,11-12H,4-6,9-10,19H2,1-3H3,(H,20,22);2*1H. The van der Waals surface area contributed by atoms with Gasteiger partial charge in [0.1, 0.15) is 5.75 Å². The molecule has 0 bridgehead atoms. The molecule has 2 atom stereocenters. The van der Waals surface area contributed by atoms with Gasteiger partial charge in [0.15, 0.2) is 0 Å². The number of ether oxygens (including phenoxy) is 1. The van der Waals surface area contributed by atoms with E-state index in [9.17, 15) is 4.79 Å². The normalized spacial score (nSPS) is 18.5. The molecule has 1 fully saturated rings. The number of methoxy groups -OCH3 is 1. The molecule has 1 aromatic carbocycles. The maximum atomic E-state index is 12.4. The van der Waals surface area contributed by atoms with E-state index in [1.54, 1.807) is 12.1 Å². The average Bonchev–Trinajstić information content (AvgIpc) is 2.54. The summed E-state index contributed by atoms with van der Waals surface area (Å²) in [5.74, 6) is 0.960. The van der Waals surface area contributed by atoms with Crippen molar-refractivity contribution in [3.8, 4) is 5.75 Å². The van der Waals surface area contributed by atoms with Crippen molar-refractivity contribution in [2.24, 2.45) is 5.92 Å². The fourth-order valence-corrected chi connectivity index (χ4v) is 3.17. The van der Waals surface area contributed by atoms with Crippen molar-refractivity contribution in [1.82, 2.24) is 10.2 Å². The fourth-order valence-electron chi connectivity index (χ4n) is 3.01. The van der Waals surface area contributed by atoms with Gasteiger partial charge in [-0.3, -0.25) is 9.69 Å². The van der Waals surface area contributed by atoms with E-state index in [1.165, 1.54) is 20.0 Å². The van der Waals surface area contributed by atoms with Gasteiger partial charge in [0.2, 0.25) is 0 Å². The number of hydrogen-bond donors (Lipinski definition) is 2. The first-order valence-electron chi connectivity index (χ1n) is 8.07. The summed E-state index contributed by atoms with van der Waals surface area (Å²) in [5, 5.41) is 3.33. The van der Waals surface area contributed by atoms with Gasteiger partial charge in [-0.2, -0.15) is 0 Å². The lowest BCUT2D eigenvalue weighted by atomic mass is 9.99. The van der Waals surface area contributed by atoms with Crippen LogP contribution in [0, 0.1) is 5.92 Å². The molecule has 1 aromatic rings. The molecule has 1 aliphatic heterocycles. The molecule has 1 amide bonds. The van der Waals surface area contributed by atoms with Crippen LogP contribution >= 0.6 is 36.4 Å². The summed E-state index contributed by atoms with van der Waals surface area (Å²) in [4.78, 5) is 14.9. The number of amides is 1. The zero-order valence-corrected chi connectivity index (χ0v) is 17.3. The lowest BCUT2D eigenvalue weighted by Crippen LogP contribution is -2.46. The second kappa shape index (κ2) is 11.0. The van der Waals surface area contributed by atoms with Crippen molar-refractivity contribution >= 4 is 48.0 Å². The maximum Gasteiger partial charge on any atom is 0.255 e. The highest BCUT2D eigenvalue weighted by atomic mass is 35.5. The van der Waals surface area contributed by atoms with Gasteiger partial charge in [-0.15, -0.1) is 24.8 Å². The molecule has 1 heterocycles. The van der Waals surface area contributed by atoms with E-state index in [4.69, 9.17) is 22.1 Å². The van der Waals surface area contributed by atoms with Crippen LogP contribution in [0.5, 0.6) is 5.75 Å². The van der Waals surface area contributed by atoms with Crippen LogP contribution < -0.4 is 15.8 Å². The average molecular weight is 413 g/mol. The Balaban J connectivity index is 0.00000288. The molecular weight excluding hydrogens is 385 g/mol. The van der Waals surface area contributed by atoms with E-state index < -0.39 is 0 Å². The first kappa shape index (κ1) is 24.1. The number of likely N-dealkylation sites (tertiary alicyclic amines) is 1. The molecule has 0 aromatic heterocycles. The van der Waals surface area contributed by atoms with Crippen molar-refractivity contribution in [3.63, 3.8) is 0 Å². The van der Waals surface area contributed by atoms with Crippen LogP contribution in [-0.4, -0.2) is 43.6 Å². The summed E-state index contributed by atoms with van der Waals surface area (Å²) < 4.78 is 5.23. The van der Waals surface area contributed by atoms with Crippen LogP contribution in [-0.2, 0) is 0 Å². The van der Waals surface area contributed by atoms with E-state index in [0.717, 1.165) is 19.0 Å². The quantitative estimate of drug-likeness (QED) is 0.725. The zero-order chi connectivity index (χ0) is 17.0. The second-order valence-corrected chi connectivity index (χ2v) is 6.78. The van der Waals surface area contributed by atoms with E-state index in [2.05, 4.69) is 24.1 Å². The highest BCUT2D eigenvalue weighted by Gasteiger charge is 2.22. The lowest BCUT2D eigenvalue weighted by Gasteiger charge is -2.35. The number of benzene rings is 1. The Hall–Kier alpha value is -0.880. The molecule has 1 aliphatic rings. The number of nitrogens with one attached hydrogen (secondary N) is 1. The predicted octanol–water partition coefficient (Wildman–Crippen LogP) is 3.62. The van der Waals surface area contributed by atoms with Crippen LogP contribution in [0.1, 0.15) is 37.0 Å². The number of anilines is 1. The van der Waals surface area contributed by atoms with Crippen molar-refractivity contribution < 1.29 is 9.53 Å². The van der Waals surface area contributed by atoms with Gasteiger partial charge in [-0.05, 0) is 38.3 Å². The van der Waals surface area contributed by atoms with E-state index in [0.29, 0.717) is 34.6 Å². The van der Waals surface area contributed by atoms with Crippen molar-refractivity contribution in [3.05, 3.63) is 22.7 Å². The molecule has 0 saturated carbocycles. The Labute approximate surface area is 167 Å². The van der Waals surface area contributed by atoms with Gasteiger partial charge >= 0.3 is 0 Å². The molecule has 5 nitrogen and oxygen atoms in total. The number of hydrogen-bond acceptors (Lipinski definition) is 4. The highest BCUT2D eigenvalue weighted by Crippen LogP contribution is 2.28. The molecule has 144 valence electrons. The van der Waals surface area contributed by atoms with Crippen LogP contribution in [0.15, 0.2) is 12.1 Å². The first-order valence-corrected chi connectivity index (χ1v) is 8.45. The van der Waals surface area contributed by atoms with Crippen molar-refractivity contribution in [2.75, 3.05) is 32.5 Å². The number of nitrogens with zero attached hydrogens (tertiary/aromatic N) is 1. The number of carbonyl (C=O) groups excluding carboxylic acids is 1. The molecule has 2 rings (SSSR count). The minimum absolute atomic E-state index is 0. The Morgan fingerprint density at radius 2 is 2.16 bits per heavy atom. The van der Waals surface area contributed by atoms with Gasteiger partial charge in [-0.1, -0.05) is 18.5 Å². The summed E-state index contributed by atoms with van der Waals surface area (Å²) in [6.07, 6.45) is 2.51. The van der Waals surface area contributed by atoms with E-state index in [1.807, 2.05) is 0 Å². The van der Waals surface area contributed by atoms with Crippen LogP contribution in [0.4, 0.5) is 5.69 Å². The first-order chi connectivity index (χ1) is 10.9. The topological polar surface area (TPSA) is 67.6 Å². The van der Waals surface area contributed by atoms with Gasteiger partial charge < -0.3 is 15.8 Å². The summed E-state index contributed by atoms with van der Waals surface area (Å²) in [6, 6.07) is 3.43. The number of nitrogens with two attached hydrogens (primary N) is 1. The van der Waals surface area contributed by atoms with Crippen molar-refractivity contribution in [2.45, 2.75) is 32.7 Å². The summed E-state index contributed by atoms with van der Waals surface area (Å²) >= 11 is 6.02. The van der Waals surface area contributed by atoms with Crippen molar-refractivity contribution in [1.29, 1.82) is 0 Å². The number of piperidine rings is 1. The molecule has 8 heteroatoms. The van der Waals surface area contributed by atoms with Crippen LogP contribution in [0.3, 0.4) is 0 Å². The molecule has 25 heavy (non-hydrogen) atoms. The minimum Gasteiger partial charge on any atom is -0.496 e.